The van der Waals surface area contributed by atoms with Crippen LogP contribution in [0.3, 0.4) is 0 Å². The monoisotopic (exact) mass is 329 g/mol. The van der Waals surface area contributed by atoms with Crippen molar-refractivity contribution < 1.29 is 18.7 Å². The van der Waals surface area contributed by atoms with E-state index in [2.05, 4.69) is 5.32 Å². The Hall–Kier alpha value is -2.82. The molecule has 2 aromatic carbocycles. The van der Waals surface area contributed by atoms with E-state index in [0.29, 0.717) is 17.1 Å². The molecule has 0 aliphatic heterocycles. The van der Waals surface area contributed by atoms with Crippen molar-refractivity contribution in [2.45, 2.75) is 13.0 Å². The molecule has 0 aliphatic rings. The fraction of sp³-hybridized carbons (Fsp3) is 0.211. The van der Waals surface area contributed by atoms with Crippen molar-refractivity contribution in [3.05, 3.63) is 65.5 Å². The van der Waals surface area contributed by atoms with Gasteiger partial charge in [-0.15, -0.1) is 0 Å². The van der Waals surface area contributed by atoms with Crippen molar-refractivity contribution in [3.63, 3.8) is 0 Å². The molecule has 0 radical (unpaired) electrons. The maximum Gasteiger partial charge on any atom is 0.244 e. The SMILES string of the molecule is COc1ccc(/C=C/C(=O)NC(C)c2ccccc2F)cc1OC. The summed E-state index contributed by atoms with van der Waals surface area (Å²) in [5, 5.41) is 2.74. The Morgan fingerprint density at radius 1 is 1.12 bits per heavy atom. The predicted molar refractivity (Wildman–Crippen MR) is 91.5 cm³/mol. The van der Waals surface area contributed by atoms with Crippen LogP contribution in [0.1, 0.15) is 24.1 Å². The van der Waals surface area contributed by atoms with Gasteiger partial charge in [0, 0.05) is 11.6 Å². The molecule has 1 N–H and O–H groups in total. The van der Waals surface area contributed by atoms with Crippen LogP contribution in [0.15, 0.2) is 48.5 Å². The quantitative estimate of drug-likeness (QED) is 0.822. The van der Waals surface area contributed by atoms with E-state index in [1.807, 2.05) is 6.07 Å². The highest BCUT2D eigenvalue weighted by atomic mass is 19.1. The molecule has 2 rings (SSSR count). The number of ether oxygens (including phenoxy) is 2. The second-order valence-corrected chi connectivity index (χ2v) is 5.20. The number of carbonyl (C=O) groups excluding carboxylic acids is 1. The van der Waals surface area contributed by atoms with Crippen LogP contribution in [-0.2, 0) is 4.79 Å². The molecule has 0 fully saturated rings. The van der Waals surface area contributed by atoms with Gasteiger partial charge in [-0.3, -0.25) is 4.79 Å². The first-order valence-electron chi connectivity index (χ1n) is 7.50. The standard InChI is InChI=1S/C19H20FNO3/c1-13(15-6-4-5-7-16(15)20)21-19(22)11-9-14-8-10-17(23-2)18(12-14)24-3/h4-13H,1-3H3,(H,21,22)/b11-9+. The van der Waals surface area contributed by atoms with Gasteiger partial charge >= 0.3 is 0 Å². The molecule has 1 amide bonds. The lowest BCUT2D eigenvalue weighted by Crippen LogP contribution is -2.25. The van der Waals surface area contributed by atoms with Crippen LogP contribution in [-0.4, -0.2) is 20.1 Å². The summed E-state index contributed by atoms with van der Waals surface area (Å²) >= 11 is 0. The van der Waals surface area contributed by atoms with Gasteiger partial charge in [0.2, 0.25) is 5.91 Å². The molecular formula is C19H20FNO3. The number of carbonyl (C=O) groups is 1. The number of nitrogens with one attached hydrogen (secondary N) is 1. The maximum absolute atomic E-state index is 13.7. The number of rotatable bonds is 6. The topological polar surface area (TPSA) is 47.6 Å². The fourth-order valence-corrected chi connectivity index (χ4v) is 2.29. The molecule has 24 heavy (non-hydrogen) atoms. The average molecular weight is 329 g/mol. The third kappa shape index (κ3) is 4.35. The Morgan fingerprint density at radius 3 is 2.50 bits per heavy atom. The summed E-state index contributed by atoms with van der Waals surface area (Å²) in [6, 6.07) is 11.3. The molecule has 1 unspecified atom stereocenters. The minimum atomic E-state index is -0.422. The van der Waals surface area contributed by atoms with Crippen LogP contribution in [0.25, 0.3) is 6.08 Å². The Balaban J connectivity index is 2.04. The van der Waals surface area contributed by atoms with Crippen LogP contribution < -0.4 is 14.8 Å². The van der Waals surface area contributed by atoms with Crippen LogP contribution >= 0.6 is 0 Å². The molecule has 0 saturated carbocycles. The summed E-state index contributed by atoms with van der Waals surface area (Å²) in [5.41, 5.74) is 1.24. The summed E-state index contributed by atoms with van der Waals surface area (Å²) in [7, 11) is 3.11. The Kier molecular flexibility index (Phi) is 5.95. The lowest BCUT2D eigenvalue weighted by Gasteiger charge is -2.13. The lowest BCUT2D eigenvalue weighted by atomic mass is 10.1. The van der Waals surface area contributed by atoms with Crippen molar-refractivity contribution >= 4 is 12.0 Å². The molecule has 126 valence electrons. The summed E-state index contributed by atoms with van der Waals surface area (Å²) in [5.74, 6) is 0.557. The van der Waals surface area contributed by atoms with Gasteiger partial charge in [0.1, 0.15) is 5.82 Å². The van der Waals surface area contributed by atoms with E-state index in [4.69, 9.17) is 9.47 Å². The van der Waals surface area contributed by atoms with Crippen LogP contribution in [0.4, 0.5) is 4.39 Å². The second-order valence-electron chi connectivity index (χ2n) is 5.20. The fourth-order valence-electron chi connectivity index (χ4n) is 2.29. The van der Waals surface area contributed by atoms with E-state index in [1.54, 1.807) is 57.6 Å². The first-order valence-corrected chi connectivity index (χ1v) is 7.50. The zero-order chi connectivity index (χ0) is 17.5. The van der Waals surface area contributed by atoms with Gasteiger partial charge in [-0.2, -0.15) is 0 Å². The minimum Gasteiger partial charge on any atom is -0.493 e. The highest BCUT2D eigenvalue weighted by Gasteiger charge is 2.11. The average Bonchev–Trinajstić information content (AvgIpc) is 2.59. The van der Waals surface area contributed by atoms with Gasteiger partial charge in [-0.05, 0) is 36.8 Å². The van der Waals surface area contributed by atoms with Crippen molar-refractivity contribution in [3.8, 4) is 11.5 Å². The lowest BCUT2D eigenvalue weighted by molar-refractivity contribution is -0.117. The summed E-state index contributed by atoms with van der Waals surface area (Å²) in [6.45, 7) is 1.74. The van der Waals surface area contributed by atoms with E-state index < -0.39 is 6.04 Å². The van der Waals surface area contributed by atoms with Crippen LogP contribution in [0.5, 0.6) is 11.5 Å². The number of amides is 1. The van der Waals surface area contributed by atoms with E-state index in [1.165, 1.54) is 12.1 Å². The normalized spacial score (nSPS) is 12.0. The zero-order valence-corrected chi connectivity index (χ0v) is 13.9. The third-order valence-electron chi connectivity index (χ3n) is 3.57. The first kappa shape index (κ1) is 17.5. The Morgan fingerprint density at radius 2 is 1.83 bits per heavy atom. The Bertz CT molecular complexity index is 743. The predicted octanol–water partition coefficient (Wildman–Crippen LogP) is 3.73. The van der Waals surface area contributed by atoms with Crippen LogP contribution in [0, 0.1) is 5.82 Å². The number of benzene rings is 2. The van der Waals surface area contributed by atoms with Gasteiger partial charge in [-0.25, -0.2) is 4.39 Å². The van der Waals surface area contributed by atoms with Crippen LogP contribution in [0.2, 0.25) is 0 Å². The number of hydrogen-bond donors (Lipinski definition) is 1. The largest absolute Gasteiger partial charge is 0.493 e. The second kappa shape index (κ2) is 8.15. The first-order chi connectivity index (χ1) is 11.5. The maximum atomic E-state index is 13.7. The molecule has 0 aliphatic carbocycles. The van der Waals surface area contributed by atoms with Crippen molar-refractivity contribution in [1.82, 2.24) is 5.32 Å². The molecule has 2 aromatic rings. The molecule has 4 nitrogen and oxygen atoms in total. The summed E-state index contributed by atoms with van der Waals surface area (Å²) in [4.78, 5) is 12.0. The van der Waals surface area contributed by atoms with Gasteiger partial charge in [0.05, 0.1) is 20.3 Å². The van der Waals surface area contributed by atoms with Crippen molar-refractivity contribution in [2.24, 2.45) is 0 Å². The van der Waals surface area contributed by atoms with E-state index in [0.717, 1.165) is 5.56 Å². The minimum absolute atomic E-state index is 0.305. The van der Waals surface area contributed by atoms with Crippen molar-refractivity contribution in [1.29, 1.82) is 0 Å². The molecule has 0 aromatic heterocycles. The van der Waals surface area contributed by atoms with E-state index >= 15 is 0 Å². The molecular weight excluding hydrogens is 309 g/mol. The van der Waals surface area contributed by atoms with Crippen molar-refractivity contribution in [2.75, 3.05) is 14.2 Å². The van der Waals surface area contributed by atoms with Gasteiger partial charge < -0.3 is 14.8 Å². The number of methoxy groups -OCH3 is 2. The molecule has 1 atom stereocenters. The molecule has 0 heterocycles. The van der Waals surface area contributed by atoms with Gasteiger partial charge in [0.15, 0.2) is 11.5 Å². The van der Waals surface area contributed by atoms with E-state index in [-0.39, 0.29) is 11.7 Å². The zero-order valence-electron chi connectivity index (χ0n) is 13.9. The summed E-state index contributed by atoms with van der Waals surface area (Å²) in [6.07, 6.45) is 3.06. The van der Waals surface area contributed by atoms with Gasteiger partial charge in [-0.1, -0.05) is 24.3 Å². The molecule has 0 bridgehead atoms. The summed E-state index contributed by atoms with van der Waals surface area (Å²) < 4.78 is 24.1. The molecule has 5 heteroatoms. The van der Waals surface area contributed by atoms with Gasteiger partial charge in [0.25, 0.3) is 0 Å². The highest BCUT2D eigenvalue weighted by Crippen LogP contribution is 2.28. The van der Waals surface area contributed by atoms with E-state index in [9.17, 15) is 9.18 Å². The molecule has 0 spiro atoms. The third-order valence-corrected chi connectivity index (χ3v) is 3.57. The Labute approximate surface area is 140 Å². The molecule has 0 saturated heterocycles. The number of hydrogen-bond acceptors (Lipinski definition) is 3. The number of halogens is 1. The smallest absolute Gasteiger partial charge is 0.244 e. The highest BCUT2D eigenvalue weighted by molar-refractivity contribution is 5.92.